The van der Waals surface area contributed by atoms with Gasteiger partial charge in [-0.1, -0.05) is 36.8 Å². The van der Waals surface area contributed by atoms with E-state index in [0.717, 1.165) is 6.54 Å². The normalized spacial score (nSPS) is 15.3. The molecule has 25 heavy (non-hydrogen) atoms. The Kier molecular flexibility index (Phi) is 6.14. The molecule has 1 heterocycles. The topological polar surface area (TPSA) is 6.48 Å². The Labute approximate surface area is 153 Å². The summed E-state index contributed by atoms with van der Waals surface area (Å²) in [6, 6.07) is 15.6. The summed E-state index contributed by atoms with van der Waals surface area (Å²) in [7, 11) is 0. The summed E-state index contributed by atoms with van der Waals surface area (Å²) in [5.74, 6) is 0. The molecule has 1 aliphatic heterocycles. The first-order valence-corrected chi connectivity index (χ1v) is 9.78. The van der Waals surface area contributed by atoms with Gasteiger partial charge in [0, 0.05) is 17.9 Å². The van der Waals surface area contributed by atoms with Crippen LogP contribution in [0, 0.1) is 20.8 Å². The van der Waals surface area contributed by atoms with Crippen LogP contribution in [0.1, 0.15) is 42.4 Å². The molecule has 0 bridgehead atoms. The first-order valence-electron chi connectivity index (χ1n) is 9.78. The maximum atomic E-state index is 2.64. The summed E-state index contributed by atoms with van der Waals surface area (Å²) in [6.07, 6.45) is 5.37. The van der Waals surface area contributed by atoms with Gasteiger partial charge in [-0.15, -0.1) is 0 Å². The largest absolute Gasteiger partial charge is 0.341 e. The van der Waals surface area contributed by atoms with E-state index in [-0.39, 0.29) is 0 Å². The Morgan fingerprint density at radius 3 is 2.32 bits per heavy atom. The summed E-state index contributed by atoms with van der Waals surface area (Å²) < 4.78 is 0. The maximum absolute atomic E-state index is 2.64. The number of nitrogens with zero attached hydrogens (tertiary/aromatic N) is 2. The van der Waals surface area contributed by atoms with E-state index in [4.69, 9.17) is 0 Å². The van der Waals surface area contributed by atoms with Crippen molar-refractivity contribution in [2.24, 2.45) is 0 Å². The number of anilines is 2. The van der Waals surface area contributed by atoms with Gasteiger partial charge in [-0.2, -0.15) is 0 Å². The molecule has 1 aliphatic rings. The van der Waals surface area contributed by atoms with E-state index in [2.05, 4.69) is 73.0 Å². The number of benzene rings is 2. The molecule has 2 heteroatoms. The Morgan fingerprint density at radius 2 is 1.56 bits per heavy atom. The molecular formula is C23H32N2. The van der Waals surface area contributed by atoms with Gasteiger partial charge in [-0.25, -0.2) is 0 Å². The van der Waals surface area contributed by atoms with Gasteiger partial charge in [-0.3, -0.25) is 0 Å². The molecule has 0 unspecified atom stereocenters. The van der Waals surface area contributed by atoms with E-state index in [9.17, 15) is 0 Å². The molecule has 0 amide bonds. The molecule has 0 atom stereocenters. The zero-order chi connectivity index (χ0) is 17.6. The summed E-state index contributed by atoms with van der Waals surface area (Å²) >= 11 is 0. The third-order valence-corrected chi connectivity index (χ3v) is 5.37. The minimum absolute atomic E-state index is 1.08. The van der Waals surface area contributed by atoms with Gasteiger partial charge in [0.1, 0.15) is 0 Å². The van der Waals surface area contributed by atoms with Crippen LogP contribution in [0.5, 0.6) is 0 Å². The highest BCUT2D eigenvalue weighted by atomic mass is 15.2. The van der Waals surface area contributed by atoms with E-state index < -0.39 is 0 Å². The predicted octanol–water partition coefficient (Wildman–Crippen LogP) is 5.63. The van der Waals surface area contributed by atoms with E-state index in [1.165, 1.54) is 73.4 Å². The average Bonchev–Trinajstić information content (AvgIpc) is 2.63. The van der Waals surface area contributed by atoms with Gasteiger partial charge in [0.15, 0.2) is 0 Å². The monoisotopic (exact) mass is 336 g/mol. The number of para-hydroxylation sites is 1. The minimum Gasteiger partial charge on any atom is -0.341 e. The quantitative estimate of drug-likeness (QED) is 0.675. The van der Waals surface area contributed by atoms with Crippen molar-refractivity contribution in [3.63, 3.8) is 0 Å². The molecule has 1 saturated heterocycles. The van der Waals surface area contributed by atoms with Crippen LogP contribution in [0.25, 0.3) is 0 Å². The fourth-order valence-corrected chi connectivity index (χ4v) is 3.88. The molecule has 134 valence electrons. The van der Waals surface area contributed by atoms with E-state index in [1.807, 2.05) is 0 Å². The third kappa shape index (κ3) is 4.64. The highest BCUT2D eigenvalue weighted by Gasteiger charge is 2.15. The minimum atomic E-state index is 1.08. The number of rotatable bonds is 6. The lowest BCUT2D eigenvalue weighted by Crippen LogP contribution is -2.32. The number of aryl methyl sites for hydroxylation is 3. The Balaban J connectivity index is 1.79. The molecule has 3 rings (SSSR count). The number of likely N-dealkylation sites (tertiary alicyclic amines) is 1. The van der Waals surface area contributed by atoms with Crippen molar-refractivity contribution in [3.05, 3.63) is 59.2 Å². The van der Waals surface area contributed by atoms with E-state index in [1.54, 1.807) is 0 Å². The fourth-order valence-electron chi connectivity index (χ4n) is 3.88. The van der Waals surface area contributed by atoms with Gasteiger partial charge < -0.3 is 9.80 Å². The van der Waals surface area contributed by atoms with Crippen LogP contribution in [0.4, 0.5) is 11.4 Å². The molecule has 0 aliphatic carbocycles. The van der Waals surface area contributed by atoms with Crippen molar-refractivity contribution in [1.82, 2.24) is 4.90 Å². The van der Waals surface area contributed by atoms with Crippen LogP contribution in [-0.4, -0.2) is 31.1 Å². The third-order valence-electron chi connectivity index (χ3n) is 5.37. The van der Waals surface area contributed by atoms with Crippen molar-refractivity contribution >= 4 is 11.4 Å². The standard InChI is InChI=1S/C23H32N2/c1-19-12-13-21(3)23(18-19)25(22-11-6-5-10-20(22)2)17-9-16-24-14-7-4-8-15-24/h5-6,10-13,18H,4,7-9,14-17H2,1-3H3. The lowest BCUT2D eigenvalue weighted by molar-refractivity contribution is 0.227. The van der Waals surface area contributed by atoms with Crippen molar-refractivity contribution < 1.29 is 0 Å². The zero-order valence-corrected chi connectivity index (χ0v) is 16.1. The molecule has 0 spiro atoms. The Hall–Kier alpha value is -1.80. The molecule has 0 radical (unpaired) electrons. The molecule has 0 aromatic heterocycles. The fraction of sp³-hybridized carbons (Fsp3) is 0.478. The van der Waals surface area contributed by atoms with Gasteiger partial charge in [0.2, 0.25) is 0 Å². The summed E-state index contributed by atoms with van der Waals surface area (Å²) in [5.41, 5.74) is 6.73. The van der Waals surface area contributed by atoms with Crippen LogP contribution in [0.15, 0.2) is 42.5 Å². The Morgan fingerprint density at radius 1 is 0.840 bits per heavy atom. The average molecular weight is 337 g/mol. The lowest BCUT2D eigenvalue weighted by atomic mass is 10.1. The Bertz CT molecular complexity index is 686. The molecule has 0 saturated carbocycles. The first kappa shape index (κ1) is 18.0. The van der Waals surface area contributed by atoms with Crippen LogP contribution in [-0.2, 0) is 0 Å². The molecule has 2 aromatic rings. The molecule has 1 fully saturated rings. The lowest BCUT2D eigenvalue weighted by Gasteiger charge is -2.31. The number of piperidine rings is 1. The molecule has 0 N–H and O–H groups in total. The van der Waals surface area contributed by atoms with Crippen molar-refractivity contribution in [2.75, 3.05) is 31.1 Å². The zero-order valence-electron chi connectivity index (χ0n) is 16.1. The van der Waals surface area contributed by atoms with Gasteiger partial charge >= 0.3 is 0 Å². The summed E-state index contributed by atoms with van der Waals surface area (Å²) in [6.45, 7) is 11.5. The van der Waals surface area contributed by atoms with Crippen LogP contribution < -0.4 is 4.90 Å². The number of hydrogen-bond acceptors (Lipinski definition) is 2. The summed E-state index contributed by atoms with van der Waals surface area (Å²) in [4.78, 5) is 5.17. The second-order valence-corrected chi connectivity index (χ2v) is 7.48. The number of hydrogen-bond donors (Lipinski definition) is 0. The first-order chi connectivity index (χ1) is 12.1. The van der Waals surface area contributed by atoms with Crippen LogP contribution in [0.2, 0.25) is 0 Å². The van der Waals surface area contributed by atoms with E-state index >= 15 is 0 Å². The molecular weight excluding hydrogens is 304 g/mol. The van der Waals surface area contributed by atoms with Crippen LogP contribution >= 0.6 is 0 Å². The van der Waals surface area contributed by atoms with Gasteiger partial charge in [-0.05, 0) is 88.5 Å². The highest BCUT2D eigenvalue weighted by Crippen LogP contribution is 2.31. The van der Waals surface area contributed by atoms with Crippen LogP contribution in [0.3, 0.4) is 0 Å². The van der Waals surface area contributed by atoms with E-state index in [0.29, 0.717) is 0 Å². The second-order valence-electron chi connectivity index (χ2n) is 7.48. The van der Waals surface area contributed by atoms with Crippen molar-refractivity contribution in [1.29, 1.82) is 0 Å². The summed E-state index contributed by atoms with van der Waals surface area (Å²) in [5, 5.41) is 0. The molecule has 2 aromatic carbocycles. The van der Waals surface area contributed by atoms with Crippen molar-refractivity contribution in [3.8, 4) is 0 Å². The van der Waals surface area contributed by atoms with Gasteiger partial charge in [0.25, 0.3) is 0 Å². The van der Waals surface area contributed by atoms with Gasteiger partial charge in [0.05, 0.1) is 0 Å². The second kappa shape index (κ2) is 8.53. The maximum Gasteiger partial charge on any atom is 0.0443 e. The molecule has 2 nitrogen and oxygen atoms in total. The SMILES string of the molecule is Cc1ccc(C)c(N(CCCN2CCCCC2)c2ccccc2C)c1. The predicted molar refractivity (Wildman–Crippen MR) is 109 cm³/mol. The van der Waals surface area contributed by atoms with Crippen molar-refractivity contribution in [2.45, 2.75) is 46.5 Å². The highest BCUT2D eigenvalue weighted by molar-refractivity contribution is 5.69. The smallest absolute Gasteiger partial charge is 0.0443 e.